The molecule has 11 heteroatoms. The molecule has 3 aliphatic rings. The van der Waals surface area contributed by atoms with Crippen LogP contribution in [0.5, 0.6) is 5.75 Å². The van der Waals surface area contributed by atoms with Crippen molar-refractivity contribution in [1.82, 2.24) is 31.7 Å². The zero-order valence-electron chi connectivity index (χ0n) is 16.0. The fourth-order valence-corrected chi connectivity index (χ4v) is 3.53. The minimum Gasteiger partial charge on any atom is -0.405 e. The first kappa shape index (κ1) is 20.0. The largest absolute Gasteiger partial charge is 0.573 e. The molecule has 3 aliphatic heterocycles. The molecule has 0 saturated heterocycles. The van der Waals surface area contributed by atoms with Crippen LogP contribution in [0.2, 0.25) is 0 Å². The van der Waals surface area contributed by atoms with Gasteiger partial charge in [0, 0.05) is 30.5 Å². The Morgan fingerprint density at radius 1 is 1.23 bits per heavy atom. The van der Waals surface area contributed by atoms with E-state index in [1.165, 1.54) is 12.1 Å². The van der Waals surface area contributed by atoms with Gasteiger partial charge in [0.25, 0.3) is 5.91 Å². The maximum atomic E-state index is 12.9. The van der Waals surface area contributed by atoms with Crippen molar-refractivity contribution < 1.29 is 22.7 Å². The summed E-state index contributed by atoms with van der Waals surface area (Å²) >= 11 is 0. The molecule has 1 aromatic carbocycles. The highest BCUT2D eigenvalue weighted by atomic mass is 19.4. The molecule has 0 fully saturated rings. The van der Waals surface area contributed by atoms with Gasteiger partial charge in [-0.1, -0.05) is 24.3 Å². The molecule has 0 aliphatic carbocycles. The second-order valence-corrected chi connectivity index (χ2v) is 6.90. The predicted molar refractivity (Wildman–Crippen MR) is 102 cm³/mol. The lowest BCUT2D eigenvalue weighted by Gasteiger charge is -2.35. The number of hydrogen-bond acceptors (Lipinski definition) is 7. The van der Waals surface area contributed by atoms with E-state index in [0.717, 1.165) is 6.54 Å². The van der Waals surface area contributed by atoms with Crippen LogP contribution in [0.15, 0.2) is 59.8 Å². The molecule has 4 rings (SSSR count). The zero-order chi connectivity index (χ0) is 21.3. The highest BCUT2D eigenvalue weighted by Crippen LogP contribution is 2.34. The summed E-state index contributed by atoms with van der Waals surface area (Å²) < 4.78 is 42.5. The van der Waals surface area contributed by atoms with Crippen LogP contribution in [0, 0.1) is 0 Å². The van der Waals surface area contributed by atoms with Crippen molar-refractivity contribution in [3.63, 3.8) is 0 Å². The summed E-state index contributed by atoms with van der Waals surface area (Å²) in [6.07, 6.45) is 0.0472. The van der Waals surface area contributed by atoms with E-state index in [0.29, 0.717) is 29.3 Å². The summed E-state index contributed by atoms with van der Waals surface area (Å²) in [7, 11) is 0. The second-order valence-electron chi connectivity index (χ2n) is 6.90. The van der Waals surface area contributed by atoms with Crippen LogP contribution in [-0.4, -0.2) is 36.5 Å². The molecule has 0 saturated carbocycles. The minimum atomic E-state index is -4.80. The average molecular weight is 422 g/mol. The number of ether oxygens (including phenoxy) is 1. The molecule has 0 bridgehead atoms. The fourth-order valence-electron chi connectivity index (χ4n) is 3.53. The number of allylic oxidation sites excluding steroid dienone is 1. The predicted octanol–water partition coefficient (Wildman–Crippen LogP) is 1.27. The van der Waals surface area contributed by atoms with Crippen molar-refractivity contribution >= 4 is 5.91 Å². The maximum absolute atomic E-state index is 12.9. The number of nitrogens with one attached hydrogen (secondary N) is 5. The lowest BCUT2D eigenvalue weighted by atomic mass is 10.0. The van der Waals surface area contributed by atoms with E-state index in [4.69, 9.17) is 0 Å². The Morgan fingerprint density at radius 3 is 2.77 bits per heavy atom. The van der Waals surface area contributed by atoms with Gasteiger partial charge in [0.2, 0.25) is 0 Å². The van der Waals surface area contributed by atoms with Gasteiger partial charge in [-0.2, -0.15) is 0 Å². The van der Waals surface area contributed by atoms with Gasteiger partial charge in [-0.3, -0.25) is 9.80 Å². The highest BCUT2D eigenvalue weighted by molar-refractivity contribution is 5.95. The van der Waals surface area contributed by atoms with Gasteiger partial charge < -0.3 is 26.0 Å². The summed E-state index contributed by atoms with van der Waals surface area (Å²) in [5.41, 5.74) is 4.40. The Bertz CT molecular complexity index is 927. The third-order valence-corrected chi connectivity index (χ3v) is 4.78. The number of alkyl halides is 3. The number of fused-ring (bicyclic) bond motifs is 1. The van der Waals surface area contributed by atoms with Crippen molar-refractivity contribution in [2.75, 3.05) is 13.1 Å². The number of nitrogens with zero attached hydrogens (tertiary/aromatic N) is 1. The topological polar surface area (TPSA) is 89.7 Å². The first-order valence-electron chi connectivity index (χ1n) is 9.36. The van der Waals surface area contributed by atoms with E-state index in [1.54, 1.807) is 42.4 Å². The van der Waals surface area contributed by atoms with E-state index in [1.807, 2.05) is 0 Å². The van der Waals surface area contributed by atoms with Gasteiger partial charge in [-0.15, -0.1) is 13.2 Å². The standard InChI is InChI=1S/C19H21F3N6O2/c1-11-17(18(29)26-15-10-23-8-9-24-15)28-16(25-11)7-6-13(27-28)12-4-2-3-5-14(12)30-19(20,21)22/h2-7,10,13,16,23-25,27H,8-9H2,1H3,(H,26,29). The summed E-state index contributed by atoms with van der Waals surface area (Å²) in [6, 6.07) is 5.29. The molecule has 0 spiro atoms. The monoisotopic (exact) mass is 422 g/mol. The van der Waals surface area contributed by atoms with Crippen LogP contribution >= 0.6 is 0 Å². The van der Waals surface area contributed by atoms with E-state index in [-0.39, 0.29) is 17.8 Å². The summed E-state index contributed by atoms with van der Waals surface area (Å²) in [6.45, 7) is 3.19. The number of hydrogen-bond donors (Lipinski definition) is 5. The zero-order valence-corrected chi connectivity index (χ0v) is 16.0. The van der Waals surface area contributed by atoms with Gasteiger partial charge >= 0.3 is 6.36 Å². The van der Waals surface area contributed by atoms with E-state index < -0.39 is 12.4 Å². The number of rotatable bonds is 4. The molecular formula is C19H21F3N6O2. The summed E-state index contributed by atoms with van der Waals surface area (Å²) in [5.74, 6) is -0.110. The Kier molecular flexibility index (Phi) is 5.20. The Hall–Kier alpha value is -3.34. The molecule has 0 aromatic heterocycles. The van der Waals surface area contributed by atoms with Crippen molar-refractivity contribution in [2.45, 2.75) is 25.5 Å². The van der Waals surface area contributed by atoms with E-state index in [9.17, 15) is 18.0 Å². The van der Waals surface area contributed by atoms with Crippen LogP contribution in [0.3, 0.4) is 0 Å². The molecular weight excluding hydrogens is 401 g/mol. The van der Waals surface area contributed by atoms with Gasteiger partial charge in [-0.25, -0.2) is 5.43 Å². The maximum Gasteiger partial charge on any atom is 0.573 e. The number of halogens is 3. The normalized spacial score (nSPS) is 23.1. The molecule has 1 amide bonds. The Balaban J connectivity index is 1.55. The molecule has 0 radical (unpaired) electrons. The molecule has 1 aromatic rings. The van der Waals surface area contributed by atoms with Crippen LogP contribution in [0.25, 0.3) is 0 Å². The molecule has 30 heavy (non-hydrogen) atoms. The number of para-hydroxylation sites is 1. The van der Waals surface area contributed by atoms with E-state index in [2.05, 4.69) is 31.4 Å². The quantitative estimate of drug-likeness (QED) is 0.467. The summed E-state index contributed by atoms with van der Waals surface area (Å²) in [4.78, 5) is 12.9. The molecule has 8 nitrogen and oxygen atoms in total. The third kappa shape index (κ3) is 4.15. The first-order valence-corrected chi connectivity index (χ1v) is 9.36. The summed E-state index contributed by atoms with van der Waals surface area (Å²) in [5, 5.41) is 13.7. The molecule has 160 valence electrons. The minimum absolute atomic E-state index is 0.299. The van der Waals surface area contributed by atoms with Gasteiger partial charge in [-0.05, 0) is 19.1 Å². The highest BCUT2D eigenvalue weighted by Gasteiger charge is 2.38. The smallest absolute Gasteiger partial charge is 0.405 e. The molecule has 5 N–H and O–H groups in total. The van der Waals surface area contributed by atoms with Crippen molar-refractivity contribution in [2.24, 2.45) is 0 Å². The SMILES string of the molecule is CC1=C(C(=O)NC2=CNCCN2)N2NC(c3ccccc3OC(F)(F)F)C=CC2N1. The number of carbonyl (C=O) groups excluding carboxylic acids is 1. The van der Waals surface area contributed by atoms with Gasteiger partial charge in [0.05, 0.1) is 6.04 Å². The van der Waals surface area contributed by atoms with Crippen LogP contribution < -0.4 is 31.4 Å². The number of amides is 1. The van der Waals surface area contributed by atoms with Crippen molar-refractivity contribution in [1.29, 1.82) is 0 Å². The second kappa shape index (κ2) is 7.82. The lowest BCUT2D eigenvalue weighted by molar-refractivity contribution is -0.275. The number of carbonyl (C=O) groups is 1. The van der Waals surface area contributed by atoms with Gasteiger partial charge in [0.1, 0.15) is 23.4 Å². The first-order chi connectivity index (χ1) is 14.3. The number of hydrazine groups is 1. The van der Waals surface area contributed by atoms with Crippen molar-refractivity contribution in [3.05, 3.63) is 65.4 Å². The lowest BCUT2D eigenvalue weighted by Crippen LogP contribution is -2.51. The van der Waals surface area contributed by atoms with Crippen LogP contribution in [0.4, 0.5) is 13.2 Å². The average Bonchev–Trinajstić information content (AvgIpc) is 3.03. The van der Waals surface area contributed by atoms with Crippen LogP contribution in [0.1, 0.15) is 18.5 Å². The third-order valence-electron chi connectivity index (χ3n) is 4.78. The van der Waals surface area contributed by atoms with Crippen molar-refractivity contribution in [3.8, 4) is 5.75 Å². The van der Waals surface area contributed by atoms with E-state index >= 15 is 0 Å². The molecule has 2 atom stereocenters. The number of benzene rings is 1. The fraction of sp³-hybridized carbons (Fsp3) is 0.316. The Labute approximate surface area is 170 Å². The molecule has 3 heterocycles. The van der Waals surface area contributed by atoms with Crippen LogP contribution in [-0.2, 0) is 4.79 Å². The molecule has 2 unspecified atom stereocenters. The van der Waals surface area contributed by atoms with Gasteiger partial charge in [0.15, 0.2) is 0 Å². The Morgan fingerprint density at radius 2 is 2.03 bits per heavy atom.